The molecule has 0 bridgehead atoms. The van der Waals surface area contributed by atoms with Gasteiger partial charge in [-0.3, -0.25) is 9.48 Å². The smallest absolute Gasteiger partial charge is 0.306 e. The number of aromatic nitrogens is 2. The second-order valence-electron chi connectivity index (χ2n) is 13.4. The zero-order valence-corrected chi connectivity index (χ0v) is 27.7. The minimum atomic E-state index is -0.638. The fourth-order valence-corrected chi connectivity index (χ4v) is 7.86. The molecule has 8 heteroatoms. The van der Waals surface area contributed by atoms with Crippen LogP contribution in [0.4, 0.5) is 4.39 Å². The van der Waals surface area contributed by atoms with Gasteiger partial charge in [-0.15, -0.1) is 24.8 Å². The summed E-state index contributed by atoms with van der Waals surface area (Å²) in [4.78, 5) is 14.9. The highest BCUT2D eigenvalue weighted by atomic mass is 35.5. The Morgan fingerprint density at radius 1 is 1.02 bits per heavy atom. The number of piperidine rings is 1. The number of aliphatic carboxylic acids is 1. The molecule has 3 unspecified atom stereocenters. The van der Waals surface area contributed by atoms with E-state index in [9.17, 15) is 14.3 Å². The molecule has 4 atom stereocenters. The third-order valence-electron chi connectivity index (χ3n) is 10.3. The van der Waals surface area contributed by atoms with Crippen LogP contribution in [0.5, 0.6) is 0 Å². The summed E-state index contributed by atoms with van der Waals surface area (Å²) in [6.45, 7) is 8.22. The van der Waals surface area contributed by atoms with E-state index in [1.807, 2.05) is 12.1 Å². The van der Waals surface area contributed by atoms with E-state index in [4.69, 9.17) is 5.10 Å². The van der Waals surface area contributed by atoms with E-state index in [2.05, 4.69) is 53.8 Å². The van der Waals surface area contributed by atoms with Crippen LogP contribution in [0.15, 0.2) is 54.6 Å². The molecule has 2 saturated carbocycles. The summed E-state index contributed by atoms with van der Waals surface area (Å²) in [7, 11) is 0. The lowest BCUT2D eigenvalue weighted by Gasteiger charge is -2.35. The summed E-state index contributed by atoms with van der Waals surface area (Å²) in [5, 5.41) is 15.1. The van der Waals surface area contributed by atoms with Gasteiger partial charge in [-0.25, -0.2) is 4.39 Å². The van der Waals surface area contributed by atoms with Gasteiger partial charge in [-0.05, 0) is 112 Å². The Morgan fingerprint density at radius 2 is 1.75 bits per heavy atom. The summed E-state index contributed by atoms with van der Waals surface area (Å²) in [5.41, 5.74) is 6.13. The number of benzene rings is 2. The topological polar surface area (TPSA) is 58.4 Å². The number of hydrogen-bond acceptors (Lipinski definition) is 3. The summed E-state index contributed by atoms with van der Waals surface area (Å²) < 4.78 is 16.5. The number of likely N-dealkylation sites (tertiary alicyclic amines) is 1. The van der Waals surface area contributed by atoms with E-state index in [0.717, 1.165) is 76.0 Å². The quantitative estimate of drug-likeness (QED) is 0.228. The molecule has 2 heterocycles. The van der Waals surface area contributed by atoms with E-state index >= 15 is 0 Å². The van der Waals surface area contributed by atoms with Crippen molar-refractivity contribution in [3.63, 3.8) is 0 Å². The highest BCUT2D eigenvalue weighted by Crippen LogP contribution is 2.49. The molecule has 0 radical (unpaired) electrons. The Kier molecular flexibility index (Phi) is 11.9. The Labute approximate surface area is 274 Å². The SMILES string of the molecule is CCn1nc(Cc2ccc(C)cc2)cc1C1CCN(CC2CC([C@H](CC3CC3)C(=O)O)CC2c2cccc(F)c2)CC1.Cl.Cl. The third kappa shape index (κ3) is 8.24. The van der Waals surface area contributed by atoms with Gasteiger partial charge in [0.15, 0.2) is 0 Å². The number of carboxylic acid groups (broad SMARTS) is 1. The molecule has 2 aliphatic carbocycles. The van der Waals surface area contributed by atoms with Gasteiger partial charge in [-0.2, -0.15) is 5.10 Å². The molecule has 1 saturated heterocycles. The fraction of sp³-hybridized carbons (Fsp3) is 0.556. The van der Waals surface area contributed by atoms with Crippen molar-refractivity contribution >= 4 is 30.8 Å². The lowest BCUT2D eigenvalue weighted by molar-refractivity contribution is -0.144. The second-order valence-corrected chi connectivity index (χ2v) is 13.4. The molecule has 240 valence electrons. The van der Waals surface area contributed by atoms with Crippen molar-refractivity contribution in [2.24, 2.45) is 23.7 Å². The maximum absolute atomic E-state index is 14.3. The van der Waals surface area contributed by atoms with Gasteiger partial charge in [0.2, 0.25) is 0 Å². The van der Waals surface area contributed by atoms with Gasteiger partial charge in [0.1, 0.15) is 5.82 Å². The van der Waals surface area contributed by atoms with Crippen molar-refractivity contribution < 1.29 is 14.3 Å². The van der Waals surface area contributed by atoms with Crippen molar-refractivity contribution in [3.05, 3.63) is 88.5 Å². The zero-order valence-electron chi connectivity index (χ0n) is 26.0. The Bertz CT molecular complexity index is 1370. The van der Waals surface area contributed by atoms with Crippen LogP contribution in [0, 0.1) is 36.4 Å². The Balaban J connectivity index is 0.00000221. The lowest BCUT2D eigenvalue weighted by atomic mass is 9.85. The molecular weight excluding hydrogens is 596 g/mol. The van der Waals surface area contributed by atoms with E-state index in [1.165, 1.54) is 35.7 Å². The first-order valence-corrected chi connectivity index (χ1v) is 16.2. The number of rotatable bonds is 11. The Morgan fingerprint density at radius 3 is 2.39 bits per heavy atom. The maximum atomic E-state index is 14.3. The van der Waals surface area contributed by atoms with Crippen molar-refractivity contribution in [1.29, 1.82) is 0 Å². The third-order valence-corrected chi connectivity index (χ3v) is 10.3. The zero-order chi connectivity index (χ0) is 29.2. The molecular formula is C36H48Cl2FN3O2. The average Bonchev–Trinajstić information content (AvgIpc) is 3.58. The number of hydrogen-bond donors (Lipinski definition) is 1. The van der Waals surface area contributed by atoms with Gasteiger partial charge >= 0.3 is 5.97 Å². The number of aryl methyl sites for hydroxylation is 2. The molecule has 0 spiro atoms. The molecule has 1 aromatic heterocycles. The highest BCUT2D eigenvalue weighted by molar-refractivity contribution is 5.85. The van der Waals surface area contributed by atoms with E-state index in [0.29, 0.717) is 17.8 Å². The van der Waals surface area contributed by atoms with Crippen LogP contribution in [-0.4, -0.2) is 45.4 Å². The largest absolute Gasteiger partial charge is 0.481 e. The van der Waals surface area contributed by atoms with Crippen LogP contribution in [0.3, 0.4) is 0 Å². The van der Waals surface area contributed by atoms with Gasteiger partial charge in [0.05, 0.1) is 11.6 Å². The fourth-order valence-electron chi connectivity index (χ4n) is 7.86. The van der Waals surface area contributed by atoms with Gasteiger partial charge in [-0.1, -0.05) is 54.8 Å². The first kappa shape index (κ1) is 34.5. The van der Waals surface area contributed by atoms with Crippen molar-refractivity contribution in [3.8, 4) is 0 Å². The number of carboxylic acids is 1. The Hall–Kier alpha value is -2.41. The van der Waals surface area contributed by atoms with Gasteiger partial charge in [0.25, 0.3) is 0 Å². The van der Waals surface area contributed by atoms with E-state index in [1.54, 1.807) is 6.07 Å². The molecule has 44 heavy (non-hydrogen) atoms. The molecule has 0 amide bonds. The normalized spacial score (nSPS) is 23.1. The molecule has 3 aliphatic rings. The standard InChI is InChI=1S/C36H46FN3O2.2ClH/c1-3-40-35(22-32(38-40)17-25-9-7-24(2)8-10-25)27-13-15-39(16-14-27)23-30-19-29(34(36(41)42)18-26-11-12-26)21-33(30)28-5-4-6-31(37)20-28;;/h4-10,20,22,26-27,29-30,33-34H,3,11-19,21,23H2,1-2H3,(H,41,42);2*1H/t29?,30?,33?,34-;;/m0../s1. The summed E-state index contributed by atoms with van der Waals surface area (Å²) in [5.74, 6) is 0.735. The molecule has 2 aromatic carbocycles. The van der Waals surface area contributed by atoms with E-state index < -0.39 is 5.97 Å². The number of halogens is 3. The van der Waals surface area contributed by atoms with Crippen LogP contribution in [0.25, 0.3) is 0 Å². The maximum Gasteiger partial charge on any atom is 0.306 e. The van der Waals surface area contributed by atoms with Crippen molar-refractivity contribution in [1.82, 2.24) is 14.7 Å². The first-order chi connectivity index (χ1) is 20.4. The average molecular weight is 645 g/mol. The van der Waals surface area contributed by atoms with Gasteiger partial charge in [0, 0.05) is 31.1 Å². The van der Waals surface area contributed by atoms with Crippen LogP contribution in [0.1, 0.15) is 91.8 Å². The molecule has 6 rings (SSSR count). The number of carbonyl (C=O) groups is 1. The molecule has 3 fully saturated rings. The molecule has 5 nitrogen and oxygen atoms in total. The molecule has 3 aromatic rings. The predicted octanol–water partition coefficient (Wildman–Crippen LogP) is 8.28. The van der Waals surface area contributed by atoms with Crippen molar-refractivity contribution in [2.75, 3.05) is 19.6 Å². The minimum Gasteiger partial charge on any atom is -0.481 e. The minimum absolute atomic E-state index is 0. The number of nitrogens with zero attached hydrogens (tertiary/aromatic N) is 3. The van der Waals surface area contributed by atoms with E-state index in [-0.39, 0.29) is 48.4 Å². The molecule has 1 N–H and O–H groups in total. The van der Waals surface area contributed by atoms with Crippen LogP contribution < -0.4 is 0 Å². The first-order valence-electron chi connectivity index (χ1n) is 16.2. The lowest BCUT2D eigenvalue weighted by Crippen LogP contribution is -2.37. The monoisotopic (exact) mass is 643 g/mol. The highest BCUT2D eigenvalue weighted by Gasteiger charge is 2.43. The predicted molar refractivity (Wildman–Crippen MR) is 179 cm³/mol. The summed E-state index contributed by atoms with van der Waals surface area (Å²) in [6, 6.07) is 18.1. The summed E-state index contributed by atoms with van der Waals surface area (Å²) in [6.07, 6.45) is 8.01. The molecule has 1 aliphatic heterocycles. The van der Waals surface area contributed by atoms with Crippen LogP contribution >= 0.6 is 24.8 Å². The second kappa shape index (κ2) is 15.2. The summed E-state index contributed by atoms with van der Waals surface area (Å²) >= 11 is 0. The van der Waals surface area contributed by atoms with Gasteiger partial charge < -0.3 is 10.0 Å². The van der Waals surface area contributed by atoms with Crippen molar-refractivity contribution in [2.45, 2.75) is 83.6 Å². The van der Waals surface area contributed by atoms with Crippen LogP contribution in [-0.2, 0) is 17.8 Å². The van der Waals surface area contributed by atoms with Crippen LogP contribution in [0.2, 0.25) is 0 Å².